The van der Waals surface area contributed by atoms with Crippen LogP contribution in [0, 0.1) is 0 Å². The number of aromatic amines is 1. The zero-order chi connectivity index (χ0) is 12.1. The van der Waals surface area contributed by atoms with Crippen LogP contribution < -0.4 is 0 Å². The summed E-state index contributed by atoms with van der Waals surface area (Å²) in [4.78, 5) is 9.87. The van der Waals surface area contributed by atoms with Crippen molar-refractivity contribution in [3.63, 3.8) is 0 Å². The van der Waals surface area contributed by atoms with Gasteiger partial charge in [0.25, 0.3) is 0 Å². The number of H-pyrrole nitrogens is 1. The van der Waals surface area contributed by atoms with Crippen LogP contribution in [-0.4, -0.2) is 28.5 Å². The lowest BCUT2D eigenvalue weighted by molar-refractivity contribution is 0.355. The molecule has 0 aliphatic rings. The molecule has 2 aromatic rings. The van der Waals surface area contributed by atoms with Crippen molar-refractivity contribution in [1.29, 1.82) is 0 Å². The van der Waals surface area contributed by atoms with Gasteiger partial charge in [0, 0.05) is 6.54 Å². The van der Waals surface area contributed by atoms with Gasteiger partial charge in [-0.3, -0.25) is 4.90 Å². The number of hydrogen-bond acceptors (Lipinski definition) is 2. The Kier molecular flexibility index (Phi) is 3.73. The summed E-state index contributed by atoms with van der Waals surface area (Å²) in [6, 6.07) is 10.2. The molecule has 0 saturated carbocycles. The van der Waals surface area contributed by atoms with E-state index < -0.39 is 0 Å². The fourth-order valence-electron chi connectivity index (χ4n) is 1.75. The highest BCUT2D eigenvalue weighted by Gasteiger charge is 2.04. The van der Waals surface area contributed by atoms with E-state index in [-0.39, 0.29) is 0 Å². The Hall–Kier alpha value is -1.87. The maximum atomic E-state index is 4.38. The first-order valence-corrected chi connectivity index (χ1v) is 5.68. The van der Waals surface area contributed by atoms with Gasteiger partial charge in [0.2, 0.25) is 0 Å². The van der Waals surface area contributed by atoms with Crippen LogP contribution in [0.2, 0.25) is 0 Å². The molecule has 0 saturated heterocycles. The second-order valence-corrected chi connectivity index (χ2v) is 4.10. The van der Waals surface area contributed by atoms with E-state index in [1.54, 1.807) is 0 Å². The van der Waals surface area contributed by atoms with Crippen LogP contribution in [-0.2, 0) is 6.54 Å². The third-order valence-corrected chi connectivity index (χ3v) is 2.57. The molecule has 1 N–H and O–H groups in total. The molecule has 1 aromatic carbocycles. The van der Waals surface area contributed by atoms with Crippen molar-refractivity contribution < 1.29 is 0 Å². The van der Waals surface area contributed by atoms with Crippen molar-refractivity contribution >= 4 is 0 Å². The molecule has 0 spiro atoms. The Bertz CT molecular complexity index is 473. The Morgan fingerprint density at radius 3 is 2.82 bits per heavy atom. The Labute approximate surface area is 102 Å². The molecule has 0 bridgehead atoms. The first-order chi connectivity index (χ1) is 8.29. The van der Waals surface area contributed by atoms with Crippen LogP contribution in [0.1, 0.15) is 5.82 Å². The average molecular weight is 227 g/mol. The van der Waals surface area contributed by atoms with Gasteiger partial charge in [-0.2, -0.15) is 0 Å². The number of benzene rings is 1. The van der Waals surface area contributed by atoms with E-state index >= 15 is 0 Å². The van der Waals surface area contributed by atoms with Gasteiger partial charge in [-0.25, -0.2) is 4.98 Å². The van der Waals surface area contributed by atoms with E-state index in [1.165, 1.54) is 0 Å². The molecule has 1 heterocycles. The smallest absolute Gasteiger partial charge is 0.120 e. The minimum absolute atomic E-state index is 0.804. The summed E-state index contributed by atoms with van der Waals surface area (Å²) in [7, 11) is 2.05. The van der Waals surface area contributed by atoms with Crippen LogP contribution in [0.25, 0.3) is 11.3 Å². The van der Waals surface area contributed by atoms with Crippen LogP contribution in [0.3, 0.4) is 0 Å². The highest BCUT2D eigenvalue weighted by molar-refractivity contribution is 5.57. The molecule has 17 heavy (non-hydrogen) atoms. The fourth-order valence-corrected chi connectivity index (χ4v) is 1.75. The maximum absolute atomic E-state index is 4.38. The van der Waals surface area contributed by atoms with Gasteiger partial charge in [-0.15, -0.1) is 6.58 Å². The fraction of sp³-hybridized carbons (Fsp3) is 0.214. The Balaban J connectivity index is 2.09. The minimum atomic E-state index is 0.804. The van der Waals surface area contributed by atoms with Crippen molar-refractivity contribution in [2.75, 3.05) is 13.6 Å². The first-order valence-electron chi connectivity index (χ1n) is 5.68. The van der Waals surface area contributed by atoms with Gasteiger partial charge in [0.15, 0.2) is 0 Å². The SMILES string of the molecule is C=CCN(C)Cc1ncc(-c2ccccc2)[nH]1. The number of rotatable bonds is 5. The zero-order valence-electron chi connectivity index (χ0n) is 10.1. The number of likely N-dealkylation sites (N-methyl/N-ethyl adjacent to an activating group) is 1. The van der Waals surface area contributed by atoms with E-state index in [4.69, 9.17) is 0 Å². The topological polar surface area (TPSA) is 31.9 Å². The molecule has 88 valence electrons. The highest BCUT2D eigenvalue weighted by Crippen LogP contribution is 2.16. The molecular formula is C14H17N3. The summed E-state index contributed by atoms with van der Waals surface area (Å²) >= 11 is 0. The normalized spacial score (nSPS) is 10.7. The van der Waals surface area contributed by atoms with Crippen molar-refractivity contribution in [1.82, 2.24) is 14.9 Å². The van der Waals surface area contributed by atoms with Crippen LogP contribution >= 0.6 is 0 Å². The summed E-state index contributed by atoms with van der Waals surface area (Å²) in [5.74, 6) is 0.980. The summed E-state index contributed by atoms with van der Waals surface area (Å²) in [6.07, 6.45) is 3.77. The van der Waals surface area contributed by atoms with E-state index in [0.29, 0.717) is 0 Å². The van der Waals surface area contributed by atoms with Gasteiger partial charge < -0.3 is 4.98 Å². The van der Waals surface area contributed by atoms with E-state index in [0.717, 1.165) is 30.2 Å². The number of imidazole rings is 1. The van der Waals surface area contributed by atoms with Crippen molar-refractivity contribution in [2.24, 2.45) is 0 Å². The second-order valence-electron chi connectivity index (χ2n) is 4.10. The Morgan fingerprint density at radius 1 is 1.35 bits per heavy atom. The molecule has 3 heteroatoms. The lowest BCUT2D eigenvalue weighted by Gasteiger charge is -2.11. The van der Waals surface area contributed by atoms with Crippen molar-refractivity contribution in [3.05, 3.63) is 55.0 Å². The predicted octanol–water partition coefficient (Wildman–Crippen LogP) is 2.69. The molecule has 2 rings (SSSR count). The number of nitrogens with zero attached hydrogens (tertiary/aromatic N) is 2. The molecule has 0 aliphatic carbocycles. The molecule has 1 aromatic heterocycles. The third kappa shape index (κ3) is 3.04. The van der Waals surface area contributed by atoms with Gasteiger partial charge in [-0.1, -0.05) is 36.4 Å². The van der Waals surface area contributed by atoms with Crippen LogP contribution in [0.15, 0.2) is 49.2 Å². The van der Waals surface area contributed by atoms with E-state index in [2.05, 4.69) is 33.6 Å². The molecule has 0 amide bonds. The summed E-state index contributed by atoms with van der Waals surface area (Å²) < 4.78 is 0. The molecule has 0 aliphatic heterocycles. The number of hydrogen-bond donors (Lipinski definition) is 1. The predicted molar refractivity (Wildman–Crippen MR) is 70.6 cm³/mol. The van der Waals surface area contributed by atoms with Gasteiger partial charge in [0.05, 0.1) is 18.4 Å². The zero-order valence-corrected chi connectivity index (χ0v) is 10.1. The number of aromatic nitrogens is 2. The molecule has 0 radical (unpaired) electrons. The van der Waals surface area contributed by atoms with Crippen molar-refractivity contribution in [3.8, 4) is 11.3 Å². The molecular weight excluding hydrogens is 210 g/mol. The monoisotopic (exact) mass is 227 g/mol. The summed E-state index contributed by atoms with van der Waals surface area (Å²) in [5, 5.41) is 0. The lowest BCUT2D eigenvalue weighted by Crippen LogP contribution is -2.18. The summed E-state index contributed by atoms with van der Waals surface area (Å²) in [5.41, 5.74) is 2.23. The molecule has 0 atom stereocenters. The molecule has 0 unspecified atom stereocenters. The first kappa shape index (κ1) is 11.6. The number of nitrogens with one attached hydrogen (secondary N) is 1. The van der Waals surface area contributed by atoms with Gasteiger partial charge >= 0.3 is 0 Å². The minimum Gasteiger partial charge on any atom is -0.341 e. The van der Waals surface area contributed by atoms with E-state index in [1.807, 2.05) is 37.5 Å². The largest absolute Gasteiger partial charge is 0.341 e. The quantitative estimate of drug-likeness (QED) is 0.796. The maximum Gasteiger partial charge on any atom is 0.120 e. The third-order valence-electron chi connectivity index (χ3n) is 2.57. The van der Waals surface area contributed by atoms with Crippen LogP contribution in [0.5, 0.6) is 0 Å². The van der Waals surface area contributed by atoms with Crippen LogP contribution in [0.4, 0.5) is 0 Å². The molecule has 3 nitrogen and oxygen atoms in total. The standard InChI is InChI=1S/C14H17N3/c1-3-9-17(2)11-14-15-10-13(16-14)12-7-5-4-6-8-12/h3-8,10H,1,9,11H2,2H3,(H,15,16). The van der Waals surface area contributed by atoms with E-state index in [9.17, 15) is 0 Å². The summed E-state index contributed by atoms with van der Waals surface area (Å²) in [6.45, 7) is 5.39. The molecule has 0 fully saturated rings. The van der Waals surface area contributed by atoms with Gasteiger partial charge in [0.1, 0.15) is 5.82 Å². The lowest BCUT2D eigenvalue weighted by atomic mass is 10.2. The van der Waals surface area contributed by atoms with Gasteiger partial charge in [-0.05, 0) is 12.6 Å². The van der Waals surface area contributed by atoms with Crippen molar-refractivity contribution in [2.45, 2.75) is 6.54 Å². The highest BCUT2D eigenvalue weighted by atomic mass is 15.1. The Morgan fingerprint density at radius 2 is 2.12 bits per heavy atom. The second kappa shape index (κ2) is 5.46. The average Bonchev–Trinajstić information content (AvgIpc) is 2.79.